The zero-order valence-corrected chi connectivity index (χ0v) is 9.41. The van der Waals surface area contributed by atoms with Crippen molar-refractivity contribution in [1.82, 2.24) is 0 Å². The Balaban J connectivity index is 2.55. The fourth-order valence-corrected chi connectivity index (χ4v) is 1.13. The van der Waals surface area contributed by atoms with Crippen molar-refractivity contribution in [2.45, 2.75) is 25.1 Å². The second-order valence-corrected chi connectivity index (χ2v) is 4.89. The molecule has 0 heterocycles. The van der Waals surface area contributed by atoms with Crippen LogP contribution >= 0.6 is 11.6 Å². The fraction of sp³-hybridized carbons (Fsp3) is 0.364. The Hall–Kier alpha value is -1.22. The summed E-state index contributed by atoms with van der Waals surface area (Å²) < 4.78 is 5.01. The van der Waals surface area contributed by atoms with E-state index in [2.05, 4.69) is 0 Å². The molecule has 1 aromatic carbocycles. The summed E-state index contributed by atoms with van der Waals surface area (Å²) in [6, 6.07) is 5.95. The molecule has 3 nitrogen and oxygen atoms in total. The Morgan fingerprint density at radius 2 is 1.93 bits per heavy atom. The van der Waals surface area contributed by atoms with Gasteiger partial charge < -0.3 is 9.84 Å². The van der Waals surface area contributed by atoms with E-state index in [1.54, 1.807) is 13.8 Å². The molecule has 1 aromatic rings. The van der Waals surface area contributed by atoms with Gasteiger partial charge in [-0.05, 0) is 38.1 Å². The molecule has 0 saturated carbocycles. The largest absolute Gasteiger partial charge is 0.508 e. The van der Waals surface area contributed by atoms with Crippen LogP contribution in [0.3, 0.4) is 0 Å². The highest BCUT2D eigenvalue weighted by Crippen LogP contribution is 2.20. The SMILES string of the molecule is CC(C)(Cl)CC(=O)Oc1ccc(O)cc1. The first-order chi connectivity index (χ1) is 6.87. The normalized spacial score (nSPS) is 11.1. The molecule has 0 aliphatic heterocycles. The molecule has 0 saturated heterocycles. The molecule has 0 aliphatic rings. The average molecular weight is 229 g/mol. The lowest BCUT2D eigenvalue weighted by molar-refractivity contribution is -0.134. The number of phenols is 1. The fourth-order valence-electron chi connectivity index (χ4n) is 1.02. The number of hydrogen-bond donors (Lipinski definition) is 1. The van der Waals surface area contributed by atoms with E-state index in [1.165, 1.54) is 24.3 Å². The standard InChI is InChI=1S/C11H13ClO3/c1-11(2,12)7-10(14)15-9-5-3-8(13)4-6-9/h3-6,13H,7H2,1-2H3. The summed E-state index contributed by atoms with van der Waals surface area (Å²) in [5.41, 5.74) is 0. The molecule has 0 bridgehead atoms. The summed E-state index contributed by atoms with van der Waals surface area (Å²) in [4.78, 5) is 10.7. The van der Waals surface area contributed by atoms with Crippen molar-refractivity contribution < 1.29 is 14.6 Å². The highest BCUT2D eigenvalue weighted by atomic mass is 35.5. The molecule has 1 rings (SSSR count). The van der Waals surface area contributed by atoms with E-state index in [0.717, 1.165) is 0 Å². The highest BCUT2D eigenvalue weighted by molar-refractivity contribution is 6.24. The van der Waals surface area contributed by atoms with E-state index in [0.29, 0.717) is 5.75 Å². The maximum absolute atomic E-state index is 11.3. The van der Waals surface area contributed by atoms with Crippen LogP contribution in [-0.4, -0.2) is 16.0 Å². The number of phenolic OH excluding ortho intramolecular Hbond substituents is 1. The third kappa shape index (κ3) is 4.70. The first kappa shape index (κ1) is 11.9. The van der Waals surface area contributed by atoms with E-state index < -0.39 is 4.87 Å². The molecule has 15 heavy (non-hydrogen) atoms. The summed E-state index contributed by atoms with van der Waals surface area (Å²) in [7, 11) is 0. The first-order valence-electron chi connectivity index (χ1n) is 4.55. The number of aromatic hydroxyl groups is 1. The van der Waals surface area contributed by atoms with Crippen LogP contribution in [0.2, 0.25) is 0 Å². The maximum atomic E-state index is 11.3. The molecule has 4 heteroatoms. The first-order valence-corrected chi connectivity index (χ1v) is 4.93. The van der Waals surface area contributed by atoms with Gasteiger partial charge in [0.05, 0.1) is 6.42 Å². The topological polar surface area (TPSA) is 46.5 Å². The third-order valence-corrected chi connectivity index (χ3v) is 1.77. The Morgan fingerprint density at radius 1 is 1.40 bits per heavy atom. The van der Waals surface area contributed by atoms with Crippen molar-refractivity contribution >= 4 is 17.6 Å². The van der Waals surface area contributed by atoms with Crippen LogP contribution in [0.25, 0.3) is 0 Å². The smallest absolute Gasteiger partial charge is 0.312 e. The van der Waals surface area contributed by atoms with E-state index in [-0.39, 0.29) is 18.1 Å². The lowest BCUT2D eigenvalue weighted by Gasteiger charge is -2.13. The Kier molecular flexibility index (Phi) is 3.58. The number of benzene rings is 1. The minimum atomic E-state index is -0.603. The van der Waals surface area contributed by atoms with Crippen LogP contribution in [0.4, 0.5) is 0 Å². The lowest BCUT2D eigenvalue weighted by Crippen LogP contribution is -2.20. The molecule has 0 spiro atoms. The van der Waals surface area contributed by atoms with Gasteiger partial charge in [0.25, 0.3) is 0 Å². The summed E-state index contributed by atoms with van der Waals surface area (Å²) >= 11 is 5.88. The maximum Gasteiger partial charge on any atom is 0.312 e. The minimum absolute atomic E-state index is 0.132. The zero-order chi connectivity index (χ0) is 11.5. The second-order valence-electron chi connectivity index (χ2n) is 3.86. The zero-order valence-electron chi connectivity index (χ0n) is 8.66. The Labute approximate surface area is 93.6 Å². The van der Waals surface area contributed by atoms with Crippen LogP contribution in [0.5, 0.6) is 11.5 Å². The summed E-state index contributed by atoms with van der Waals surface area (Å²) in [6.07, 6.45) is 0.134. The Bertz CT molecular complexity index is 338. The van der Waals surface area contributed by atoms with E-state index in [1.807, 2.05) is 0 Å². The number of esters is 1. The van der Waals surface area contributed by atoms with Crippen molar-refractivity contribution in [3.63, 3.8) is 0 Å². The number of hydrogen-bond acceptors (Lipinski definition) is 3. The van der Waals surface area contributed by atoms with Crippen molar-refractivity contribution in [3.05, 3.63) is 24.3 Å². The molecular formula is C11H13ClO3. The number of carbonyl (C=O) groups is 1. The van der Waals surface area contributed by atoms with Gasteiger partial charge in [0.15, 0.2) is 0 Å². The summed E-state index contributed by atoms with van der Waals surface area (Å²) in [6.45, 7) is 3.49. The molecule has 0 atom stereocenters. The van der Waals surface area contributed by atoms with Crippen LogP contribution in [0.15, 0.2) is 24.3 Å². The predicted octanol–water partition coefficient (Wildman–Crippen LogP) is 2.71. The number of carbonyl (C=O) groups excluding carboxylic acids is 1. The van der Waals surface area contributed by atoms with Crippen LogP contribution in [0.1, 0.15) is 20.3 Å². The monoisotopic (exact) mass is 228 g/mol. The molecule has 0 aromatic heterocycles. The van der Waals surface area contributed by atoms with Crippen molar-refractivity contribution in [2.75, 3.05) is 0 Å². The minimum Gasteiger partial charge on any atom is -0.508 e. The van der Waals surface area contributed by atoms with Gasteiger partial charge in [-0.3, -0.25) is 4.79 Å². The summed E-state index contributed by atoms with van der Waals surface area (Å²) in [5.74, 6) is 0.145. The number of alkyl halides is 1. The molecule has 82 valence electrons. The van der Waals surface area contributed by atoms with Crippen LogP contribution in [-0.2, 0) is 4.79 Å². The lowest BCUT2D eigenvalue weighted by atomic mass is 10.1. The van der Waals surface area contributed by atoms with Gasteiger partial charge in [-0.25, -0.2) is 0 Å². The van der Waals surface area contributed by atoms with E-state index in [9.17, 15) is 4.79 Å². The van der Waals surface area contributed by atoms with Gasteiger partial charge in [-0.15, -0.1) is 11.6 Å². The average Bonchev–Trinajstić information content (AvgIpc) is 2.05. The van der Waals surface area contributed by atoms with Crippen LogP contribution < -0.4 is 4.74 Å². The van der Waals surface area contributed by atoms with E-state index in [4.69, 9.17) is 21.4 Å². The molecule has 0 radical (unpaired) electrons. The molecule has 0 unspecified atom stereocenters. The van der Waals surface area contributed by atoms with Gasteiger partial charge in [0.1, 0.15) is 11.5 Å². The molecular weight excluding hydrogens is 216 g/mol. The van der Waals surface area contributed by atoms with Crippen molar-refractivity contribution in [3.8, 4) is 11.5 Å². The van der Waals surface area contributed by atoms with Crippen molar-refractivity contribution in [2.24, 2.45) is 0 Å². The number of halogens is 1. The number of rotatable bonds is 3. The highest BCUT2D eigenvalue weighted by Gasteiger charge is 2.19. The summed E-state index contributed by atoms with van der Waals surface area (Å²) in [5, 5.41) is 9.02. The Morgan fingerprint density at radius 3 is 2.40 bits per heavy atom. The molecule has 0 aliphatic carbocycles. The van der Waals surface area contributed by atoms with E-state index >= 15 is 0 Å². The van der Waals surface area contributed by atoms with Crippen molar-refractivity contribution in [1.29, 1.82) is 0 Å². The molecule has 0 amide bonds. The molecule has 0 fully saturated rings. The van der Waals surface area contributed by atoms with Crippen LogP contribution in [0, 0.1) is 0 Å². The second kappa shape index (κ2) is 4.53. The van der Waals surface area contributed by atoms with Gasteiger partial charge in [0, 0.05) is 4.87 Å². The predicted molar refractivity (Wildman–Crippen MR) is 58.3 cm³/mol. The van der Waals surface area contributed by atoms with Gasteiger partial charge in [0.2, 0.25) is 0 Å². The molecule has 1 N–H and O–H groups in total. The quantitative estimate of drug-likeness (QED) is 0.492. The van der Waals surface area contributed by atoms with Gasteiger partial charge in [-0.1, -0.05) is 0 Å². The third-order valence-electron chi connectivity index (χ3n) is 1.63. The number of ether oxygens (including phenoxy) is 1. The van der Waals surface area contributed by atoms with Gasteiger partial charge in [-0.2, -0.15) is 0 Å². The van der Waals surface area contributed by atoms with Gasteiger partial charge >= 0.3 is 5.97 Å².